The molecule has 21 heavy (non-hydrogen) atoms. The normalized spacial score (nSPS) is 12.1. The number of nitrogens with one attached hydrogen (secondary N) is 1. The van der Waals surface area contributed by atoms with Crippen molar-refractivity contribution in [3.63, 3.8) is 0 Å². The molecule has 1 heterocycles. The van der Waals surface area contributed by atoms with Crippen LogP contribution in [0.4, 0.5) is 5.82 Å². The molecule has 1 aromatic carbocycles. The van der Waals surface area contributed by atoms with E-state index in [1.165, 1.54) is 11.1 Å². The standard InChI is InChI=1S/C18H25N3/c1-4-15(2)20-13-17-11-8-12-19-18(17)21(3)14-16-9-6-5-7-10-16/h5-12,15,20H,4,13-14H2,1-3H3. The second-order valence-electron chi connectivity index (χ2n) is 5.52. The third kappa shape index (κ3) is 4.57. The minimum absolute atomic E-state index is 0.525. The average molecular weight is 283 g/mol. The summed E-state index contributed by atoms with van der Waals surface area (Å²) >= 11 is 0. The molecule has 1 aromatic heterocycles. The lowest BCUT2D eigenvalue weighted by molar-refractivity contribution is 0.533. The molecule has 0 saturated heterocycles. The summed E-state index contributed by atoms with van der Waals surface area (Å²) in [6, 6.07) is 15.2. The highest BCUT2D eigenvalue weighted by molar-refractivity contribution is 5.46. The number of pyridine rings is 1. The molecule has 0 fully saturated rings. The van der Waals surface area contributed by atoms with Crippen molar-refractivity contribution in [1.29, 1.82) is 0 Å². The highest BCUT2D eigenvalue weighted by Gasteiger charge is 2.09. The zero-order valence-electron chi connectivity index (χ0n) is 13.2. The Morgan fingerprint density at radius 2 is 1.90 bits per heavy atom. The number of hydrogen-bond donors (Lipinski definition) is 1. The van der Waals surface area contributed by atoms with Crippen LogP contribution in [-0.2, 0) is 13.1 Å². The third-order valence-electron chi connectivity index (χ3n) is 3.74. The number of benzene rings is 1. The van der Waals surface area contributed by atoms with Crippen LogP contribution in [0.3, 0.4) is 0 Å². The molecule has 112 valence electrons. The van der Waals surface area contributed by atoms with Gasteiger partial charge in [0.1, 0.15) is 5.82 Å². The zero-order chi connectivity index (χ0) is 15.1. The summed E-state index contributed by atoms with van der Waals surface area (Å²) < 4.78 is 0. The van der Waals surface area contributed by atoms with Gasteiger partial charge in [0.25, 0.3) is 0 Å². The summed E-state index contributed by atoms with van der Waals surface area (Å²) in [7, 11) is 2.10. The third-order valence-corrected chi connectivity index (χ3v) is 3.74. The largest absolute Gasteiger partial charge is 0.355 e. The van der Waals surface area contributed by atoms with Gasteiger partial charge in [-0.3, -0.25) is 0 Å². The van der Waals surface area contributed by atoms with Crippen molar-refractivity contribution >= 4 is 5.82 Å². The van der Waals surface area contributed by atoms with Crippen molar-refractivity contribution in [3.8, 4) is 0 Å². The molecule has 2 rings (SSSR count). The predicted octanol–water partition coefficient (Wildman–Crippen LogP) is 3.61. The monoisotopic (exact) mass is 283 g/mol. The van der Waals surface area contributed by atoms with Gasteiger partial charge >= 0.3 is 0 Å². The van der Waals surface area contributed by atoms with Crippen molar-refractivity contribution in [2.24, 2.45) is 0 Å². The van der Waals surface area contributed by atoms with Crippen LogP contribution in [0.15, 0.2) is 48.7 Å². The minimum Gasteiger partial charge on any atom is -0.355 e. The van der Waals surface area contributed by atoms with E-state index in [0.717, 1.165) is 25.3 Å². The van der Waals surface area contributed by atoms with Crippen LogP contribution in [0, 0.1) is 0 Å². The zero-order valence-corrected chi connectivity index (χ0v) is 13.2. The van der Waals surface area contributed by atoms with Crippen LogP contribution < -0.4 is 10.2 Å². The van der Waals surface area contributed by atoms with Crippen LogP contribution in [0.25, 0.3) is 0 Å². The van der Waals surface area contributed by atoms with E-state index >= 15 is 0 Å². The molecule has 1 N–H and O–H groups in total. The molecule has 0 saturated carbocycles. The number of aromatic nitrogens is 1. The molecular formula is C18H25N3. The van der Waals surface area contributed by atoms with Crippen LogP contribution >= 0.6 is 0 Å². The SMILES string of the molecule is CCC(C)NCc1cccnc1N(C)Cc1ccccc1. The van der Waals surface area contributed by atoms with Gasteiger partial charge in [0.2, 0.25) is 0 Å². The molecule has 0 radical (unpaired) electrons. The van der Waals surface area contributed by atoms with Crippen molar-refractivity contribution in [2.75, 3.05) is 11.9 Å². The molecule has 0 aliphatic rings. The molecule has 3 nitrogen and oxygen atoms in total. The number of nitrogens with zero attached hydrogens (tertiary/aromatic N) is 2. The molecule has 1 atom stereocenters. The second kappa shape index (κ2) is 7.79. The lowest BCUT2D eigenvalue weighted by atomic mass is 10.2. The van der Waals surface area contributed by atoms with Gasteiger partial charge in [-0.1, -0.05) is 43.3 Å². The average Bonchev–Trinajstić information content (AvgIpc) is 2.53. The van der Waals surface area contributed by atoms with E-state index in [2.05, 4.69) is 66.4 Å². The van der Waals surface area contributed by atoms with E-state index in [-0.39, 0.29) is 0 Å². The molecule has 0 bridgehead atoms. The Labute approximate surface area is 128 Å². The van der Waals surface area contributed by atoms with Crippen LogP contribution in [0.1, 0.15) is 31.4 Å². The molecule has 0 aliphatic carbocycles. The summed E-state index contributed by atoms with van der Waals surface area (Å²) in [5, 5.41) is 3.54. The fraction of sp³-hybridized carbons (Fsp3) is 0.389. The highest BCUT2D eigenvalue weighted by Crippen LogP contribution is 2.18. The fourth-order valence-electron chi connectivity index (χ4n) is 2.27. The molecule has 2 aromatic rings. The summed E-state index contributed by atoms with van der Waals surface area (Å²) in [6.07, 6.45) is 3.00. The van der Waals surface area contributed by atoms with Gasteiger partial charge in [-0.2, -0.15) is 0 Å². The van der Waals surface area contributed by atoms with Gasteiger partial charge in [-0.15, -0.1) is 0 Å². The Morgan fingerprint density at radius 1 is 1.14 bits per heavy atom. The molecular weight excluding hydrogens is 258 g/mol. The first-order chi connectivity index (χ1) is 10.2. The van der Waals surface area contributed by atoms with Gasteiger partial charge in [-0.25, -0.2) is 4.98 Å². The smallest absolute Gasteiger partial charge is 0.133 e. The Kier molecular flexibility index (Phi) is 5.76. The van der Waals surface area contributed by atoms with Crippen LogP contribution in [0.2, 0.25) is 0 Å². The van der Waals surface area contributed by atoms with Crippen LogP contribution in [-0.4, -0.2) is 18.1 Å². The van der Waals surface area contributed by atoms with Crippen molar-refractivity contribution in [1.82, 2.24) is 10.3 Å². The van der Waals surface area contributed by atoms with E-state index in [1.807, 2.05) is 18.3 Å². The van der Waals surface area contributed by atoms with E-state index in [9.17, 15) is 0 Å². The number of anilines is 1. The minimum atomic E-state index is 0.525. The van der Waals surface area contributed by atoms with Gasteiger partial charge in [0.15, 0.2) is 0 Å². The molecule has 0 aliphatic heterocycles. The second-order valence-corrected chi connectivity index (χ2v) is 5.52. The molecule has 0 spiro atoms. The van der Waals surface area contributed by atoms with Gasteiger partial charge in [-0.05, 0) is 25.0 Å². The topological polar surface area (TPSA) is 28.2 Å². The number of hydrogen-bond acceptors (Lipinski definition) is 3. The maximum Gasteiger partial charge on any atom is 0.133 e. The summed E-state index contributed by atoms with van der Waals surface area (Å²) in [4.78, 5) is 6.78. The summed E-state index contributed by atoms with van der Waals surface area (Å²) in [6.45, 7) is 6.14. The lowest BCUT2D eigenvalue weighted by Gasteiger charge is -2.22. The molecule has 3 heteroatoms. The van der Waals surface area contributed by atoms with Crippen molar-refractivity contribution < 1.29 is 0 Å². The van der Waals surface area contributed by atoms with E-state index in [4.69, 9.17) is 0 Å². The molecule has 1 unspecified atom stereocenters. The van der Waals surface area contributed by atoms with E-state index < -0.39 is 0 Å². The Hall–Kier alpha value is -1.87. The maximum absolute atomic E-state index is 4.56. The van der Waals surface area contributed by atoms with Crippen molar-refractivity contribution in [3.05, 3.63) is 59.8 Å². The lowest BCUT2D eigenvalue weighted by Crippen LogP contribution is -2.26. The Bertz CT molecular complexity index is 539. The van der Waals surface area contributed by atoms with Crippen LogP contribution in [0.5, 0.6) is 0 Å². The van der Waals surface area contributed by atoms with E-state index in [1.54, 1.807) is 0 Å². The first-order valence-electron chi connectivity index (χ1n) is 7.63. The summed E-state index contributed by atoms with van der Waals surface area (Å²) in [5.41, 5.74) is 2.54. The fourth-order valence-corrected chi connectivity index (χ4v) is 2.27. The van der Waals surface area contributed by atoms with Crippen molar-refractivity contribution in [2.45, 2.75) is 39.4 Å². The quantitative estimate of drug-likeness (QED) is 0.841. The van der Waals surface area contributed by atoms with Gasteiger partial charge in [0.05, 0.1) is 0 Å². The Balaban J connectivity index is 2.08. The van der Waals surface area contributed by atoms with Gasteiger partial charge < -0.3 is 10.2 Å². The first-order valence-corrected chi connectivity index (χ1v) is 7.63. The van der Waals surface area contributed by atoms with Gasteiger partial charge in [0, 0.05) is 37.9 Å². The number of rotatable bonds is 7. The highest BCUT2D eigenvalue weighted by atomic mass is 15.2. The molecule has 0 amide bonds. The first kappa shape index (κ1) is 15.5. The summed E-state index contributed by atoms with van der Waals surface area (Å²) in [5.74, 6) is 1.05. The predicted molar refractivity (Wildman–Crippen MR) is 89.4 cm³/mol. The maximum atomic E-state index is 4.56. The van der Waals surface area contributed by atoms with E-state index in [0.29, 0.717) is 6.04 Å². The Morgan fingerprint density at radius 3 is 2.62 bits per heavy atom.